The Morgan fingerprint density at radius 1 is 1.22 bits per heavy atom. The maximum absolute atomic E-state index is 13.0. The van der Waals surface area contributed by atoms with E-state index >= 15 is 0 Å². The van der Waals surface area contributed by atoms with Crippen LogP contribution in [0.5, 0.6) is 0 Å². The van der Waals surface area contributed by atoms with E-state index in [2.05, 4.69) is 5.32 Å². The van der Waals surface area contributed by atoms with Gasteiger partial charge >= 0.3 is 0 Å². The molecule has 2 unspecified atom stereocenters. The molecule has 0 aliphatic carbocycles. The van der Waals surface area contributed by atoms with Gasteiger partial charge in [-0.25, -0.2) is 4.39 Å². The first-order valence-electron chi connectivity index (χ1n) is 9.95. The molecular weight excluding hydrogens is 345 g/mol. The summed E-state index contributed by atoms with van der Waals surface area (Å²) in [5.41, 5.74) is 1.01. The highest BCUT2D eigenvalue weighted by Gasteiger charge is 2.29. The average molecular weight is 378 g/mol. The summed E-state index contributed by atoms with van der Waals surface area (Å²) in [6.07, 6.45) is 2.83. The molecule has 150 valence electrons. The Balaban J connectivity index is 1.98. The van der Waals surface area contributed by atoms with Crippen molar-refractivity contribution in [1.29, 1.82) is 0 Å². The molecule has 1 fully saturated rings. The molecule has 2 rings (SSSR count). The van der Waals surface area contributed by atoms with Crippen molar-refractivity contribution in [1.82, 2.24) is 15.1 Å². The van der Waals surface area contributed by atoms with E-state index in [0.717, 1.165) is 24.8 Å². The molecular formula is C21H32FN3O2. The summed E-state index contributed by atoms with van der Waals surface area (Å²) in [5.74, 6) is -0.346. The first kappa shape index (κ1) is 21.4. The number of nitrogens with zero attached hydrogens (tertiary/aromatic N) is 2. The van der Waals surface area contributed by atoms with Crippen molar-refractivity contribution >= 4 is 11.8 Å². The molecule has 1 N–H and O–H groups in total. The van der Waals surface area contributed by atoms with E-state index in [1.54, 1.807) is 24.1 Å². The lowest BCUT2D eigenvalue weighted by Gasteiger charge is -2.26. The number of hydrogen-bond acceptors (Lipinski definition) is 3. The van der Waals surface area contributed by atoms with Gasteiger partial charge in [0.15, 0.2) is 0 Å². The normalized spacial score (nSPS) is 21.3. The summed E-state index contributed by atoms with van der Waals surface area (Å²) in [4.78, 5) is 28.8. The first-order valence-corrected chi connectivity index (χ1v) is 9.95. The van der Waals surface area contributed by atoms with Gasteiger partial charge in [0.2, 0.25) is 11.8 Å². The van der Waals surface area contributed by atoms with Crippen molar-refractivity contribution < 1.29 is 14.0 Å². The molecule has 5 nitrogen and oxygen atoms in total. The van der Waals surface area contributed by atoms with Gasteiger partial charge in [0, 0.05) is 51.6 Å². The minimum absolute atomic E-state index is 0.0241. The van der Waals surface area contributed by atoms with E-state index in [4.69, 9.17) is 0 Å². The topological polar surface area (TPSA) is 52.7 Å². The lowest BCUT2D eigenvalue weighted by Crippen LogP contribution is -2.42. The fraction of sp³-hybridized carbons (Fsp3) is 0.619. The Kier molecular flexibility index (Phi) is 8.23. The molecule has 27 heavy (non-hydrogen) atoms. The van der Waals surface area contributed by atoms with Gasteiger partial charge in [-0.3, -0.25) is 9.59 Å². The third kappa shape index (κ3) is 6.31. The number of nitrogens with one attached hydrogen (secondary N) is 1. The summed E-state index contributed by atoms with van der Waals surface area (Å²) < 4.78 is 13.0. The summed E-state index contributed by atoms with van der Waals surface area (Å²) in [6.45, 7) is 6.55. The smallest absolute Gasteiger partial charge is 0.226 e. The van der Waals surface area contributed by atoms with E-state index in [1.165, 1.54) is 12.1 Å². The van der Waals surface area contributed by atoms with Gasteiger partial charge in [0.1, 0.15) is 5.82 Å². The standard InChI is InChI=1S/C21H32FN3O2/c1-4-25(5-2)21(27)17-7-6-8-19(15-24(3)20(26)13-17)23-14-16-9-11-18(22)12-10-16/h9-12,17,19,23H,4-8,13-15H2,1-3H3. The van der Waals surface area contributed by atoms with Crippen molar-refractivity contribution in [3.63, 3.8) is 0 Å². The molecule has 6 heteroatoms. The van der Waals surface area contributed by atoms with Crippen LogP contribution >= 0.6 is 0 Å². The molecule has 0 aromatic heterocycles. The van der Waals surface area contributed by atoms with Gasteiger partial charge in [-0.15, -0.1) is 0 Å². The second kappa shape index (κ2) is 10.4. The van der Waals surface area contributed by atoms with Gasteiger partial charge in [-0.1, -0.05) is 18.6 Å². The summed E-state index contributed by atoms with van der Waals surface area (Å²) in [5, 5.41) is 3.48. The molecule has 0 bridgehead atoms. The molecule has 1 aliphatic rings. The summed E-state index contributed by atoms with van der Waals surface area (Å²) >= 11 is 0. The average Bonchev–Trinajstić information content (AvgIpc) is 2.72. The van der Waals surface area contributed by atoms with Crippen LogP contribution in [0.2, 0.25) is 0 Å². The van der Waals surface area contributed by atoms with Crippen molar-refractivity contribution in [2.75, 3.05) is 26.7 Å². The maximum atomic E-state index is 13.0. The number of halogens is 1. The van der Waals surface area contributed by atoms with Crippen molar-refractivity contribution in [3.05, 3.63) is 35.6 Å². The van der Waals surface area contributed by atoms with Crippen LogP contribution in [-0.4, -0.2) is 54.3 Å². The largest absolute Gasteiger partial charge is 0.344 e. The zero-order valence-corrected chi connectivity index (χ0v) is 16.7. The molecule has 1 aromatic carbocycles. The molecule has 1 aliphatic heterocycles. The highest BCUT2D eigenvalue weighted by Crippen LogP contribution is 2.21. The predicted molar refractivity (Wildman–Crippen MR) is 105 cm³/mol. The summed E-state index contributed by atoms with van der Waals surface area (Å²) in [6, 6.07) is 6.61. The lowest BCUT2D eigenvalue weighted by atomic mass is 9.95. The van der Waals surface area contributed by atoms with Crippen molar-refractivity contribution in [2.45, 2.75) is 52.1 Å². The van der Waals surface area contributed by atoms with Crippen LogP contribution in [0.25, 0.3) is 0 Å². The quantitative estimate of drug-likeness (QED) is 0.829. The van der Waals surface area contributed by atoms with Crippen LogP contribution in [0.4, 0.5) is 4.39 Å². The fourth-order valence-corrected chi connectivity index (χ4v) is 3.64. The Bertz CT molecular complexity index is 616. The third-order valence-electron chi connectivity index (χ3n) is 5.38. The van der Waals surface area contributed by atoms with E-state index < -0.39 is 0 Å². The molecule has 2 amide bonds. The lowest BCUT2D eigenvalue weighted by molar-refractivity contribution is -0.140. The Morgan fingerprint density at radius 2 is 1.89 bits per heavy atom. The number of hydrogen-bond donors (Lipinski definition) is 1. The molecule has 0 saturated carbocycles. The molecule has 0 spiro atoms. The van der Waals surface area contributed by atoms with E-state index in [1.807, 2.05) is 18.7 Å². The zero-order valence-electron chi connectivity index (χ0n) is 16.7. The van der Waals surface area contributed by atoms with Gasteiger partial charge < -0.3 is 15.1 Å². The van der Waals surface area contributed by atoms with Crippen LogP contribution in [0, 0.1) is 11.7 Å². The molecule has 2 atom stereocenters. The van der Waals surface area contributed by atoms with E-state index in [0.29, 0.717) is 26.2 Å². The minimum atomic E-state index is -0.240. The zero-order chi connectivity index (χ0) is 19.8. The van der Waals surface area contributed by atoms with Gasteiger partial charge in [-0.05, 0) is 44.4 Å². The third-order valence-corrected chi connectivity index (χ3v) is 5.38. The second-order valence-corrected chi connectivity index (χ2v) is 7.32. The minimum Gasteiger partial charge on any atom is -0.344 e. The van der Waals surface area contributed by atoms with Crippen LogP contribution in [0.1, 0.15) is 45.1 Å². The number of carbonyl (C=O) groups is 2. The Morgan fingerprint density at radius 3 is 2.52 bits per heavy atom. The monoisotopic (exact) mass is 377 g/mol. The van der Waals surface area contributed by atoms with Gasteiger partial charge in [-0.2, -0.15) is 0 Å². The predicted octanol–water partition coefficient (Wildman–Crippen LogP) is 2.80. The SMILES string of the molecule is CCN(CC)C(=O)C1CCCC(NCc2ccc(F)cc2)CN(C)C(=O)C1. The highest BCUT2D eigenvalue weighted by molar-refractivity contribution is 5.85. The number of rotatable bonds is 6. The Labute approximate surface area is 161 Å². The maximum Gasteiger partial charge on any atom is 0.226 e. The second-order valence-electron chi connectivity index (χ2n) is 7.32. The van der Waals surface area contributed by atoms with Gasteiger partial charge in [0.25, 0.3) is 0 Å². The Hall–Kier alpha value is -1.95. The van der Waals surface area contributed by atoms with E-state index in [9.17, 15) is 14.0 Å². The van der Waals surface area contributed by atoms with Crippen LogP contribution in [0.3, 0.4) is 0 Å². The van der Waals surface area contributed by atoms with Crippen LogP contribution in [0.15, 0.2) is 24.3 Å². The highest BCUT2D eigenvalue weighted by atomic mass is 19.1. The number of benzene rings is 1. The molecule has 1 saturated heterocycles. The molecule has 0 radical (unpaired) electrons. The van der Waals surface area contributed by atoms with Gasteiger partial charge in [0.05, 0.1) is 0 Å². The summed E-state index contributed by atoms with van der Waals surface area (Å²) in [7, 11) is 1.80. The number of carbonyl (C=O) groups excluding carboxylic acids is 2. The van der Waals surface area contributed by atoms with Crippen molar-refractivity contribution in [2.24, 2.45) is 5.92 Å². The van der Waals surface area contributed by atoms with E-state index in [-0.39, 0.29) is 36.0 Å². The number of likely N-dealkylation sites (N-methyl/N-ethyl adjacent to an activating group) is 1. The van der Waals surface area contributed by atoms with Crippen molar-refractivity contribution in [3.8, 4) is 0 Å². The molecule has 1 heterocycles. The number of amides is 2. The van der Waals surface area contributed by atoms with Crippen LogP contribution < -0.4 is 5.32 Å². The fourth-order valence-electron chi connectivity index (χ4n) is 3.64. The van der Waals surface area contributed by atoms with Crippen LogP contribution in [-0.2, 0) is 16.1 Å². The first-order chi connectivity index (χ1) is 12.9. The molecule has 1 aromatic rings.